The van der Waals surface area contributed by atoms with Crippen molar-refractivity contribution in [1.82, 2.24) is 4.90 Å². The van der Waals surface area contributed by atoms with Gasteiger partial charge in [0.05, 0.1) is 10.7 Å². The van der Waals surface area contributed by atoms with Crippen LogP contribution < -0.4 is 4.90 Å². The van der Waals surface area contributed by atoms with Gasteiger partial charge in [-0.15, -0.1) is 0 Å². The lowest BCUT2D eigenvalue weighted by atomic mass is 10.2. The number of para-hydroxylation sites is 1. The summed E-state index contributed by atoms with van der Waals surface area (Å²) in [6, 6.07) is 8.15. The van der Waals surface area contributed by atoms with E-state index in [1.165, 1.54) is 31.5 Å². The molecule has 1 fully saturated rings. The highest BCUT2D eigenvalue weighted by Gasteiger charge is 2.17. The summed E-state index contributed by atoms with van der Waals surface area (Å²) >= 11 is 6.24. The molecule has 0 amide bonds. The molecule has 1 heterocycles. The zero-order valence-corrected chi connectivity index (χ0v) is 12.0. The van der Waals surface area contributed by atoms with Crippen LogP contribution in [0.15, 0.2) is 24.3 Å². The molecule has 0 aliphatic carbocycles. The first-order valence-corrected chi connectivity index (χ1v) is 7.41. The van der Waals surface area contributed by atoms with Gasteiger partial charge in [0.1, 0.15) is 0 Å². The lowest BCUT2D eigenvalue weighted by Gasteiger charge is -2.36. The predicted molar refractivity (Wildman–Crippen MR) is 79.6 cm³/mol. The molecular weight excluding hydrogens is 244 g/mol. The molecule has 0 aromatic heterocycles. The highest BCUT2D eigenvalue weighted by Crippen LogP contribution is 2.25. The Kier molecular flexibility index (Phi) is 5.33. The zero-order valence-electron chi connectivity index (χ0n) is 11.2. The lowest BCUT2D eigenvalue weighted by molar-refractivity contribution is 0.252. The highest BCUT2D eigenvalue weighted by atomic mass is 35.5. The number of anilines is 1. The zero-order chi connectivity index (χ0) is 12.8. The maximum Gasteiger partial charge on any atom is 0.0639 e. The van der Waals surface area contributed by atoms with E-state index in [1.54, 1.807) is 0 Å². The summed E-state index contributed by atoms with van der Waals surface area (Å²) in [5.74, 6) is 0. The summed E-state index contributed by atoms with van der Waals surface area (Å²) in [5, 5.41) is 0.872. The summed E-state index contributed by atoms with van der Waals surface area (Å²) in [4.78, 5) is 4.97. The fourth-order valence-corrected chi connectivity index (χ4v) is 2.76. The van der Waals surface area contributed by atoms with Crippen molar-refractivity contribution in [3.63, 3.8) is 0 Å². The maximum absolute atomic E-state index is 6.24. The van der Waals surface area contributed by atoms with Crippen LogP contribution in [0.2, 0.25) is 5.02 Å². The first kappa shape index (κ1) is 13.7. The summed E-state index contributed by atoms with van der Waals surface area (Å²) in [6.45, 7) is 8.02. The Morgan fingerprint density at radius 1 is 1.06 bits per heavy atom. The number of benzene rings is 1. The van der Waals surface area contributed by atoms with Gasteiger partial charge in [-0.3, -0.25) is 4.90 Å². The van der Waals surface area contributed by atoms with Gasteiger partial charge in [0.2, 0.25) is 0 Å². The first-order valence-electron chi connectivity index (χ1n) is 7.03. The monoisotopic (exact) mass is 266 g/mol. The molecule has 2 nitrogen and oxygen atoms in total. The fraction of sp³-hybridized carbons (Fsp3) is 0.600. The molecule has 1 aliphatic rings. The second-order valence-electron chi connectivity index (χ2n) is 4.99. The van der Waals surface area contributed by atoms with E-state index in [4.69, 9.17) is 11.6 Å². The molecule has 100 valence electrons. The van der Waals surface area contributed by atoms with Crippen molar-refractivity contribution in [3.05, 3.63) is 29.3 Å². The standard InChI is InChI=1S/C15H23ClN2/c1-2-3-6-9-17-10-12-18(13-11-17)15-8-5-4-7-14(15)16/h4-5,7-8H,2-3,6,9-13H2,1H3. The van der Waals surface area contributed by atoms with Crippen LogP contribution in [0.3, 0.4) is 0 Å². The van der Waals surface area contributed by atoms with Gasteiger partial charge in [0.15, 0.2) is 0 Å². The summed E-state index contributed by atoms with van der Waals surface area (Å²) in [6.07, 6.45) is 3.99. The summed E-state index contributed by atoms with van der Waals surface area (Å²) in [5.41, 5.74) is 1.19. The normalized spacial score (nSPS) is 17.1. The molecule has 0 saturated carbocycles. The quantitative estimate of drug-likeness (QED) is 0.751. The van der Waals surface area contributed by atoms with Gasteiger partial charge in [-0.25, -0.2) is 0 Å². The van der Waals surface area contributed by atoms with Gasteiger partial charge in [0.25, 0.3) is 0 Å². The Morgan fingerprint density at radius 2 is 1.78 bits per heavy atom. The van der Waals surface area contributed by atoms with Gasteiger partial charge < -0.3 is 4.90 Å². The SMILES string of the molecule is CCCCCN1CCN(c2ccccc2Cl)CC1. The minimum absolute atomic E-state index is 0.872. The number of hydrogen-bond acceptors (Lipinski definition) is 2. The first-order chi connectivity index (χ1) is 8.81. The second kappa shape index (κ2) is 7.01. The van der Waals surface area contributed by atoms with Gasteiger partial charge in [-0.2, -0.15) is 0 Å². The minimum atomic E-state index is 0.872. The molecule has 18 heavy (non-hydrogen) atoms. The van der Waals surface area contributed by atoms with E-state index in [1.807, 2.05) is 12.1 Å². The van der Waals surface area contributed by atoms with Crippen molar-refractivity contribution >= 4 is 17.3 Å². The van der Waals surface area contributed by atoms with Crippen molar-refractivity contribution in [2.45, 2.75) is 26.2 Å². The van der Waals surface area contributed by atoms with Crippen molar-refractivity contribution in [1.29, 1.82) is 0 Å². The topological polar surface area (TPSA) is 6.48 Å². The van der Waals surface area contributed by atoms with Gasteiger partial charge in [-0.05, 0) is 25.1 Å². The number of nitrogens with zero attached hydrogens (tertiary/aromatic N) is 2. The van der Waals surface area contributed by atoms with Crippen molar-refractivity contribution < 1.29 is 0 Å². The van der Waals surface area contributed by atoms with Crippen LogP contribution in [0.4, 0.5) is 5.69 Å². The molecule has 0 radical (unpaired) electrons. The number of piperazine rings is 1. The van der Waals surface area contributed by atoms with E-state index in [-0.39, 0.29) is 0 Å². The van der Waals surface area contributed by atoms with Gasteiger partial charge in [0, 0.05) is 26.2 Å². The molecule has 1 aromatic rings. The Bertz CT molecular complexity index is 359. The largest absolute Gasteiger partial charge is 0.368 e. The Morgan fingerprint density at radius 3 is 2.44 bits per heavy atom. The average Bonchev–Trinajstić information content (AvgIpc) is 2.41. The Balaban J connectivity index is 1.81. The number of rotatable bonds is 5. The Hall–Kier alpha value is -0.730. The minimum Gasteiger partial charge on any atom is -0.368 e. The molecule has 0 spiro atoms. The predicted octanol–water partition coefficient (Wildman–Crippen LogP) is 3.65. The van der Waals surface area contributed by atoms with Crippen molar-refractivity contribution in [2.75, 3.05) is 37.6 Å². The average molecular weight is 267 g/mol. The number of hydrogen-bond donors (Lipinski definition) is 0. The van der Waals surface area contributed by atoms with Crippen LogP contribution in [0.1, 0.15) is 26.2 Å². The molecule has 1 aromatic carbocycles. The van der Waals surface area contributed by atoms with Gasteiger partial charge in [-0.1, -0.05) is 43.5 Å². The van der Waals surface area contributed by atoms with E-state index in [0.29, 0.717) is 0 Å². The van der Waals surface area contributed by atoms with Crippen LogP contribution in [-0.2, 0) is 0 Å². The molecule has 1 saturated heterocycles. The van der Waals surface area contributed by atoms with Gasteiger partial charge >= 0.3 is 0 Å². The summed E-state index contributed by atoms with van der Waals surface area (Å²) in [7, 11) is 0. The van der Waals surface area contributed by atoms with Crippen molar-refractivity contribution in [3.8, 4) is 0 Å². The summed E-state index contributed by atoms with van der Waals surface area (Å²) < 4.78 is 0. The van der Waals surface area contributed by atoms with E-state index >= 15 is 0 Å². The molecule has 0 bridgehead atoms. The molecule has 2 rings (SSSR count). The number of halogens is 1. The maximum atomic E-state index is 6.24. The molecule has 0 atom stereocenters. The van der Waals surface area contributed by atoms with Crippen LogP contribution in [0.25, 0.3) is 0 Å². The van der Waals surface area contributed by atoms with Crippen LogP contribution in [-0.4, -0.2) is 37.6 Å². The van der Waals surface area contributed by atoms with E-state index < -0.39 is 0 Å². The highest BCUT2D eigenvalue weighted by molar-refractivity contribution is 6.33. The lowest BCUT2D eigenvalue weighted by Crippen LogP contribution is -2.46. The number of unbranched alkanes of at least 4 members (excludes halogenated alkanes) is 2. The van der Waals surface area contributed by atoms with Crippen molar-refractivity contribution in [2.24, 2.45) is 0 Å². The third-order valence-electron chi connectivity index (χ3n) is 3.64. The molecule has 0 unspecified atom stereocenters. The molecular formula is C15H23ClN2. The van der Waals surface area contributed by atoms with Crippen LogP contribution in [0.5, 0.6) is 0 Å². The molecule has 1 aliphatic heterocycles. The molecule has 3 heteroatoms. The third-order valence-corrected chi connectivity index (χ3v) is 3.96. The van der Waals surface area contributed by atoms with E-state index in [2.05, 4.69) is 28.9 Å². The molecule has 0 N–H and O–H groups in total. The smallest absolute Gasteiger partial charge is 0.0639 e. The van der Waals surface area contributed by atoms with Crippen LogP contribution in [0, 0.1) is 0 Å². The van der Waals surface area contributed by atoms with E-state index in [9.17, 15) is 0 Å². The fourth-order valence-electron chi connectivity index (χ4n) is 2.51. The van der Waals surface area contributed by atoms with Crippen LogP contribution >= 0.6 is 11.6 Å². The third kappa shape index (κ3) is 3.63. The second-order valence-corrected chi connectivity index (χ2v) is 5.39. The Labute approximate surface area is 116 Å². The van der Waals surface area contributed by atoms with E-state index in [0.717, 1.165) is 31.2 Å².